The summed E-state index contributed by atoms with van der Waals surface area (Å²) in [6, 6.07) is 3.94. The predicted molar refractivity (Wildman–Crippen MR) is 91.6 cm³/mol. The molecular formula is C18H10F8N4O. The normalized spacial score (nSPS) is 11.5. The van der Waals surface area contributed by atoms with Crippen molar-refractivity contribution in [2.75, 3.05) is 10.6 Å². The van der Waals surface area contributed by atoms with Crippen LogP contribution in [0.25, 0.3) is 0 Å². The summed E-state index contributed by atoms with van der Waals surface area (Å²) < 4.78 is 106. The molecule has 0 spiro atoms. The zero-order valence-electron chi connectivity index (χ0n) is 15.0. The number of amides is 2. The quantitative estimate of drug-likeness (QED) is 0.323. The van der Waals surface area contributed by atoms with Gasteiger partial charge in [0, 0.05) is 18.0 Å². The van der Waals surface area contributed by atoms with Crippen LogP contribution in [0.1, 0.15) is 11.1 Å². The summed E-state index contributed by atoms with van der Waals surface area (Å²) in [4.78, 5) is 11.9. The number of anilines is 2. The van der Waals surface area contributed by atoms with Gasteiger partial charge in [-0.3, -0.25) is 10.00 Å². The lowest BCUT2D eigenvalue weighted by atomic mass is 10.1. The summed E-state index contributed by atoms with van der Waals surface area (Å²) in [5, 5.41) is 8.00. The first-order valence-electron chi connectivity index (χ1n) is 8.26. The molecule has 3 rings (SSSR count). The number of benzene rings is 2. The van der Waals surface area contributed by atoms with Gasteiger partial charge in [-0.25, -0.2) is 26.7 Å². The van der Waals surface area contributed by atoms with Gasteiger partial charge in [-0.05, 0) is 18.2 Å². The van der Waals surface area contributed by atoms with Crippen LogP contribution in [0.3, 0.4) is 0 Å². The SMILES string of the molecule is O=C(Nc1cccc(C(F)(F)F)c1)Nc1ccn(Cc2c(F)c(F)c(F)c(F)c2F)n1. The second-order valence-electron chi connectivity index (χ2n) is 6.10. The molecule has 0 radical (unpaired) electrons. The Kier molecular flexibility index (Phi) is 5.86. The molecule has 0 aliphatic heterocycles. The molecule has 0 saturated carbocycles. The van der Waals surface area contributed by atoms with E-state index in [9.17, 15) is 39.9 Å². The number of nitrogens with one attached hydrogen (secondary N) is 2. The summed E-state index contributed by atoms with van der Waals surface area (Å²) in [6.07, 6.45) is -3.53. The number of carbonyl (C=O) groups excluding carboxylic acids is 1. The fourth-order valence-corrected chi connectivity index (χ4v) is 2.52. The van der Waals surface area contributed by atoms with Gasteiger partial charge in [0.1, 0.15) is 0 Å². The van der Waals surface area contributed by atoms with E-state index < -0.39 is 59.0 Å². The molecule has 1 aromatic heterocycles. The highest BCUT2D eigenvalue weighted by atomic mass is 19.4. The molecule has 2 amide bonds. The second-order valence-corrected chi connectivity index (χ2v) is 6.10. The van der Waals surface area contributed by atoms with Crippen LogP contribution < -0.4 is 10.6 Å². The third-order valence-electron chi connectivity index (χ3n) is 3.95. The molecule has 0 atom stereocenters. The van der Waals surface area contributed by atoms with Gasteiger partial charge in [0.05, 0.1) is 17.7 Å². The van der Waals surface area contributed by atoms with Crippen molar-refractivity contribution in [2.24, 2.45) is 0 Å². The lowest BCUT2D eigenvalue weighted by molar-refractivity contribution is -0.137. The van der Waals surface area contributed by atoms with Gasteiger partial charge < -0.3 is 5.32 Å². The van der Waals surface area contributed by atoms with Crippen molar-refractivity contribution in [3.63, 3.8) is 0 Å². The van der Waals surface area contributed by atoms with Gasteiger partial charge in [-0.2, -0.15) is 18.3 Å². The van der Waals surface area contributed by atoms with Crippen molar-refractivity contribution < 1.29 is 39.9 Å². The van der Waals surface area contributed by atoms with Gasteiger partial charge >= 0.3 is 12.2 Å². The zero-order valence-corrected chi connectivity index (χ0v) is 15.0. The molecule has 0 aliphatic rings. The first kappa shape index (κ1) is 22.1. The van der Waals surface area contributed by atoms with E-state index in [0.29, 0.717) is 6.07 Å². The Morgan fingerprint density at radius 1 is 0.903 bits per heavy atom. The highest BCUT2D eigenvalue weighted by Crippen LogP contribution is 2.30. The van der Waals surface area contributed by atoms with E-state index in [0.717, 1.165) is 29.1 Å². The lowest BCUT2D eigenvalue weighted by Crippen LogP contribution is -2.20. The van der Waals surface area contributed by atoms with E-state index in [1.807, 2.05) is 0 Å². The first-order valence-corrected chi connectivity index (χ1v) is 8.26. The van der Waals surface area contributed by atoms with E-state index in [1.54, 1.807) is 0 Å². The Labute approximate surface area is 168 Å². The predicted octanol–water partition coefficient (Wildman–Crippen LogP) is 5.29. The molecule has 2 N–H and O–H groups in total. The van der Waals surface area contributed by atoms with E-state index >= 15 is 0 Å². The van der Waals surface area contributed by atoms with Gasteiger partial charge in [-0.1, -0.05) is 6.07 Å². The second kappa shape index (κ2) is 8.24. The largest absolute Gasteiger partial charge is 0.416 e. The standard InChI is InChI=1S/C18H10F8N4O/c19-12-10(13(20)15(22)16(23)14(12)21)7-30-5-4-11(29-30)28-17(31)27-9-3-1-2-8(6-9)18(24,25)26/h1-6H,7H2,(H2,27,28,29,31). The van der Waals surface area contributed by atoms with Crippen LogP contribution >= 0.6 is 0 Å². The third kappa shape index (κ3) is 4.75. The molecule has 0 unspecified atom stereocenters. The maximum Gasteiger partial charge on any atom is 0.416 e. The smallest absolute Gasteiger partial charge is 0.308 e. The highest BCUT2D eigenvalue weighted by molar-refractivity contribution is 5.99. The Morgan fingerprint density at radius 3 is 2.13 bits per heavy atom. The van der Waals surface area contributed by atoms with Crippen molar-refractivity contribution in [1.29, 1.82) is 0 Å². The van der Waals surface area contributed by atoms with Crippen molar-refractivity contribution in [3.8, 4) is 0 Å². The molecule has 0 aliphatic carbocycles. The van der Waals surface area contributed by atoms with Crippen LogP contribution in [-0.4, -0.2) is 15.8 Å². The summed E-state index contributed by atoms with van der Waals surface area (Å²) in [7, 11) is 0. The molecule has 0 saturated heterocycles. The van der Waals surface area contributed by atoms with E-state index in [-0.39, 0.29) is 11.5 Å². The van der Waals surface area contributed by atoms with Gasteiger partial charge in [0.15, 0.2) is 29.1 Å². The Morgan fingerprint density at radius 2 is 1.52 bits per heavy atom. The fraction of sp³-hybridized carbons (Fsp3) is 0.111. The molecule has 5 nitrogen and oxygen atoms in total. The summed E-state index contributed by atoms with van der Waals surface area (Å²) in [6.45, 7) is -0.845. The number of nitrogens with zero attached hydrogens (tertiary/aromatic N) is 2. The Bertz CT molecular complexity index is 1110. The highest BCUT2D eigenvalue weighted by Gasteiger charge is 2.30. The molecule has 164 valence electrons. The van der Waals surface area contributed by atoms with Gasteiger partial charge in [0.25, 0.3) is 0 Å². The van der Waals surface area contributed by atoms with Gasteiger partial charge in [0.2, 0.25) is 5.82 Å². The minimum absolute atomic E-state index is 0.173. The average molecular weight is 450 g/mol. The zero-order chi connectivity index (χ0) is 22.9. The number of hydrogen-bond acceptors (Lipinski definition) is 2. The van der Waals surface area contributed by atoms with Crippen molar-refractivity contribution >= 4 is 17.5 Å². The minimum Gasteiger partial charge on any atom is -0.308 e. The molecule has 1 heterocycles. The summed E-state index contributed by atoms with van der Waals surface area (Å²) in [5.41, 5.74) is -2.30. The van der Waals surface area contributed by atoms with E-state index in [1.165, 1.54) is 6.07 Å². The molecular weight excluding hydrogens is 440 g/mol. The van der Waals surface area contributed by atoms with Crippen LogP contribution in [-0.2, 0) is 12.7 Å². The van der Waals surface area contributed by atoms with Crippen LogP contribution in [0, 0.1) is 29.1 Å². The molecule has 0 fully saturated rings. The maximum absolute atomic E-state index is 13.7. The first-order chi connectivity index (χ1) is 14.5. The van der Waals surface area contributed by atoms with Crippen molar-refractivity contribution in [2.45, 2.75) is 12.7 Å². The number of aromatic nitrogens is 2. The monoisotopic (exact) mass is 450 g/mol. The maximum atomic E-state index is 13.7. The van der Waals surface area contributed by atoms with E-state index in [4.69, 9.17) is 0 Å². The lowest BCUT2D eigenvalue weighted by Gasteiger charge is -2.10. The Balaban J connectivity index is 1.71. The number of hydrogen-bond donors (Lipinski definition) is 2. The molecule has 0 bridgehead atoms. The minimum atomic E-state index is -4.61. The summed E-state index contributed by atoms with van der Waals surface area (Å²) >= 11 is 0. The van der Waals surface area contributed by atoms with Crippen LogP contribution in [0.5, 0.6) is 0 Å². The van der Waals surface area contributed by atoms with Crippen LogP contribution in [0.2, 0.25) is 0 Å². The average Bonchev–Trinajstić information content (AvgIpc) is 3.14. The fourth-order valence-electron chi connectivity index (χ4n) is 2.52. The van der Waals surface area contributed by atoms with Crippen molar-refractivity contribution in [3.05, 3.63) is 76.7 Å². The molecule has 3 aromatic rings. The topological polar surface area (TPSA) is 59.0 Å². The summed E-state index contributed by atoms with van der Waals surface area (Å²) in [5.74, 6) is -10.8. The van der Waals surface area contributed by atoms with Crippen molar-refractivity contribution in [1.82, 2.24) is 9.78 Å². The van der Waals surface area contributed by atoms with Crippen LogP contribution in [0.15, 0.2) is 36.5 Å². The Hall–Kier alpha value is -3.64. The number of halogens is 8. The third-order valence-corrected chi connectivity index (χ3v) is 3.95. The number of rotatable bonds is 4. The number of alkyl halides is 3. The molecule has 13 heteroatoms. The molecule has 31 heavy (non-hydrogen) atoms. The van der Waals surface area contributed by atoms with E-state index in [2.05, 4.69) is 15.7 Å². The molecule has 2 aromatic carbocycles. The van der Waals surface area contributed by atoms with Crippen LogP contribution in [0.4, 0.5) is 51.4 Å². The van der Waals surface area contributed by atoms with Gasteiger partial charge in [-0.15, -0.1) is 0 Å². The number of urea groups is 1. The number of carbonyl (C=O) groups is 1.